The van der Waals surface area contributed by atoms with Crippen molar-refractivity contribution in [3.63, 3.8) is 0 Å². The Balaban J connectivity index is 1.28. The molecule has 8 heteroatoms. The number of carboxylic acids is 1. The monoisotopic (exact) mass is 626 g/mol. The molecule has 0 bridgehead atoms. The molecule has 1 amide bonds. The minimum atomic E-state index is -0.893. The highest BCUT2D eigenvalue weighted by atomic mass is 16.7. The average molecular weight is 627 g/mol. The summed E-state index contributed by atoms with van der Waals surface area (Å²) in [6.07, 6.45) is 7.55. The highest BCUT2D eigenvalue weighted by Crippen LogP contribution is 2.39. The van der Waals surface area contributed by atoms with Gasteiger partial charge in [-0.15, -0.1) is 6.58 Å². The summed E-state index contributed by atoms with van der Waals surface area (Å²) in [5.41, 5.74) is 5.95. The maximum absolute atomic E-state index is 12.1. The van der Waals surface area contributed by atoms with Gasteiger partial charge < -0.3 is 25.0 Å². The van der Waals surface area contributed by atoms with Gasteiger partial charge in [0.2, 0.25) is 5.91 Å². The van der Waals surface area contributed by atoms with E-state index in [1.165, 1.54) is 25.7 Å². The lowest BCUT2D eigenvalue weighted by molar-refractivity contribution is -0.253. The largest absolute Gasteiger partial charge is 0.481 e. The predicted octanol–water partition coefficient (Wildman–Crippen LogP) is 6.69. The quantitative estimate of drug-likeness (QED) is 0.161. The summed E-state index contributed by atoms with van der Waals surface area (Å²) >= 11 is 0. The van der Waals surface area contributed by atoms with E-state index in [-0.39, 0.29) is 37.6 Å². The third-order valence-corrected chi connectivity index (χ3v) is 8.99. The fourth-order valence-electron chi connectivity index (χ4n) is 6.49. The van der Waals surface area contributed by atoms with E-state index >= 15 is 0 Å². The lowest BCUT2D eigenvalue weighted by Gasteiger charge is -2.39. The molecule has 3 aromatic rings. The van der Waals surface area contributed by atoms with Gasteiger partial charge in [0, 0.05) is 50.5 Å². The van der Waals surface area contributed by atoms with Crippen LogP contribution >= 0.6 is 0 Å². The van der Waals surface area contributed by atoms with E-state index in [1.807, 2.05) is 48.5 Å². The number of ether oxygens (including phenoxy) is 2. The number of hydrogen-bond acceptors (Lipinski definition) is 6. The first-order chi connectivity index (χ1) is 22.4. The topological polar surface area (TPSA) is 108 Å². The number of benzene rings is 3. The smallest absolute Gasteiger partial charge is 0.303 e. The molecule has 8 nitrogen and oxygen atoms in total. The van der Waals surface area contributed by atoms with Crippen LogP contribution in [0, 0.1) is 0 Å². The van der Waals surface area contributed by atoms with E-state index in [9.17, 15) is 14.7 Å². The zero-order valence-electron chi connectivity index (χ0n) is 26.5. The normalized spacial score (nSPS) is 20.1. The van der Waals surface area contributed by atoms with Crippen molar-refractivity contribution in [2.24, 2.45) is 0 Å². The van der Waals surface area contributed by atoms with E-state index in [1.54, 1.807) is 0 Å². The van der Waals surface area contributed by atoms with Crippen molar-refractivity contribution in [3.05, 3.63) is 108 Å². The molecule has 3 unspecified atom stereocenters. The Hall–Kier alpha value is -3.82. The van der Waals surface area contributed by atoms with E-state index in [0.29, 0.717) is 19.0 Å². The summed E-state index contributed by atoms with van der Waals surface area (Å²) in [5, 5.41) is 21.2. The standard InChI is InChI=1S/C38H46N2O6/c1-2-21-40(33-9-3-4-10-33)25-34-23-35(30-15-13-27(26-41)14-16-30)46-38(45-34)31-19-17-29(18-20-31)32-8-5-7-28(22-32)24-39-36(42)11-6-12-37(43)44/h2,5,7-8,13-20,22,33-35,38,41H,1,3-4,6,9-12,21,23-26H2,(H,39,42)(H,43,44). The van der Waals surface area contributed by atoms with Gasteiger partial charge in [-0.05, 0) is 53.1 Å². The van der Waals surface area contributed by atoms with Gasteiger partial charge >= 0.3 is 5.97 Å². The van der Waals surface area contributed by atoms with Crippen LogP contribution in [0.15, 0.2) is 85.5 Å². The van der Waals surface area contributed by atoms with E-state index in [4.69, 9.17) is 14.6 Å². The Bertz CT molecular complexity index is 1430. The van der Waals surface area contributed by atoms with Crippen LogP contribution in [0.2, 0.25) is 0 Å². The Morgan fingerprint density at radius 2 is 1.65 bits per heavy atom. The predicted molar refractivity (Wildman–Crippen MR) is 178 cm³/mol. The number of aliphatic hydroxyl groups is 1. The van der Waals surface area contributed by atoms with Crippen molar-refractivity contribution in [2.45, 2.75) is 89.1 Å². The van der Waals surface area contributed by atoms with Gasteiger partial charge in [-0.1, -0.05) is 85.6 Å². The van der Waals surface area contributed by atoms with Crippen LogP contribution in [-0.4, -0.2) is 52.2 Å². The number of amides is 1. The van der Waals surface area contributed by atoms with Crippen LogP contribution in [0.25, 0.3) is 11.1 Å². The first-order valence-corrected chi connectivity index (χ1v) is 16.4. The summed E-state index contributed by atoms with van der Waals surface area (Å²) < 4.78 is 13.2. The number of hydrogen-bond donors (Lipinski definition) is 3. The fourth-order valence-corrected chi connectivity index (χ4v) is 6.49. The molecule has 46 heavy (non-hydrogen) atoms. The second kappa shape index (κ2) is 16.7. The molecule has 0 spiro atoms. The molecule has 1 aliphatic heterocycles. The zero-order chi connectivity index (χ0) is 32.3. The number of carbonyl (C=O) groups is 2. The van der Waals surface area contributed by atoms with Gasteiger partial charge in [0.25, 0.3) is 0 Å². The second-order valence-corrected chi connectivity index (χ2v) is 12.4. The first kappa shape index (κ1) is 33.5. The van der Waals surface area contributed by atoms with Crippen molar-refractivity contribution in [1.82, 2.24) is 10.2 Å². The van der Waals surface area contributed by atoms with Crippen molar-refractivity contribution in [2.75, 3.05) is 13.1 Å². The van der Waals surface area contributed by atoms with Crippen LogP contribution < -0.4 is 5.32 Å². The summed E-state index contributed by atoms with van der Waals surface area (Å²) in [6, 6.07) is 24.9. The third kappa shape index (κ3) is 9.36. The van der Waals surface area contributed by atoms with Crippen LogP contribution in [0.3, 0.4) is 0 Å². The van der Waals surface area contributed by atoms with Crippen LogP contribution in [0.1, 0.15) is 86.0 Å². The highest BCUT2D eigenvalue weighted by molar-refractivity contribution is 5.76. The molecule has 0 aromatic heterocycles. The highest BCUT2D eigenvalue weighted by Gasteiger charge is 2.34. The van der Waals surface area contributed by atoms with E-state index < -0.39 is 12.3 Å². The summed E-state index contributed by atoms with van der Waals surface area (Å²) in [5.74, 6) is -1.05. The summed E-state index contributed by atoms with van der Waals surface area (Å²) in [4.78, 5) is 25.3. The molecular weight excluding hydrogens is 580 g/mol. The van der Waals surface area contributed by atoms with E-state index in [0.717, 1.165) is 52.9 Å². The molecular formula is C38H46N2O6. The second-order valence-electron chi connectivity index (χ2n) is 12.4. The maximum atomic E-state index is 12.1. The van der Waals surface area contributed by atoms with Crippen molar-refractivity contribution < 1.29 is 29.3 Å². The lowest BCUT2D eigenvalue weighted by Crippen LogP contribution is -2.43. The minimum Gasteiger partial charge on any atom is -0.481 e. The molecule has 3 atom stereocenters. The maximum Gasteiger partial charge on any atom is 0.303 e. The van der Waals surface area contributed by atoms with Gasteiger partial charge in [-0.25, -0.2) is 0 Å². The molecule has 3 aromatic carbocycles. The summed E-state index contributed by atoms with van der Waals surface area (Å²) in [6.45, 7) is 6.07. The molecule has 1 saturated carbocycles. The van der Waals surface area contributed by atoms with Crippen LogP contribution in [0.4, 0.5) is 0 Å². The number of aliphatic carboxylic acids is 1. The molecule has 2 aliphatic rings. The van der Waals surface area contributed by atoms with Gasteiger partial charge in [0.1, 0.15) is 0 Å². The molecule has 1 saturated heterocycles. The van der Waals surface area contributed by atoms with Gasteiger partial charge in [-0.3, -0.25) is 14.5 Å². The Kier molecular flexibility index (Phi) is 12.1. The lowest BCUT2D eigenvalue weighted by atomic mass is 9.98. The van der Waals surface area contributed by atoms with Gasteiger partial charge in [-0.2, -0.15) is 0 Å². The van der Waals surface area contributed by atoms with Crippen molar-refractivity contribution in [3.8, 4) is 11.1 Å². The van der Waals surface area contributed by atoms with Crippen LogP contribution in [0.5, 0.6) is 0 Å². The first-order valence-electron chi connectivity index (χ1n) is 16.4. The fraction of sp³-hybridized carbons (Fsp3) is 0.421. The molecule has 1 heterocycles. The number of carboxylic acid groups (broad SMARTS) is 1. The zero-order valence-corrected chi connectivity index (χ0v) is 26.5. The number of rotatable bonds is 15. The molecule has 244 valence electrons. The molecule has 2 fully saturated rings. The minimum absolute atomic E-state index is 0.0105. The molecule has 5 rings (SSSR count). The molecule has 1 aliphatic carbocycles. The van der Waals surface area contributed by atoms with Crippen molar-refractivity contribution in [1.29, 1.82) is 0 Å². The van der Waals surface area contributed by atoms with Crippen molar-refractivity contribution >= 4 is 11.9 Å². The Morgan fingerprint density at radius 3 is 2.35 bits per heavy atom. The number of carbonyl (C=O) groups excluding carboxylic acids is 1. The number of nitrogens with zero attached hydrogens (tertiary/aromatic N) is 1. The average Bonchev–Trinajstić information content (AvgIpc) is 3.62. The van der Waals surface area contributed by atoms with Gasteiger partial charge in [0.05, 0.1) is 18.8 Å². The Morgan fingerprint density at radius 1 is 0.913 bits per heavy atom. The van der Waals surface area contributed by atoms with E-state index in [2.05, 4.69) is 47.1 Å². The molecule has 3 N–H and O–H groups in total. The summed E-state index contributed by atoms with van der Waals surface area (Å²) in [7, 11) is 0. The third-order valence-electron chi connectivity index (χ3n) is 8.99. The van der Waals surface area contributed by atoms with Gasteiger partial charge in [0.15, 0.2) is 6.29 Å². The molecule has 0 radical (unpaired) electrons. The Labute approximate surface area is 272 Å². The van der Waals surface area contributed by atoms with Crippen LogP contribution in [-0.2, 0) is 32.2 Å². The number of nitrogens with one attached hydrogen (secondary N) is 1. The number of aliphatic hydroxyl groups excluding tert-OH is 1. The SMILES string of the molecule is C=CCN(CC1CC(c2ccc(CO)cc2)OC(c2ccc(-c3cccc(CNC(=O)CCCC(=O)O)c3)cc2)O1)C1CCCC1.